The SMILES string of the molecule is CC[C@@H](C)c1ccccc1NC(=O)CN1C(=O)N[C@](C)(C2CC2)C1=O. The Morgan fingerprint density at radius 2 is 2.04 bits per heavy atom. The summed E-state index contributed by atoms with van der Waals surface area (Å²) in [6.45, 7) is 5.68. The van der Waals surface area contributed by atoms with Crippen LogP contribution in [0.15, 0.2) is 24.3 Å². The van der Waals surface area contributed by atoms with Crippen LogP contribution < -0.4 is 10.6 Å². The molecule has 2 fully saturated rings. The summed E-state index contributed by atoms with van der Waals surface area (Å²) in [5.41, 5.74) is 0.934. The van der Waals surface area contributed by atoms with Gasteiger partial charge < -0.3 is 10.6 Å². The molecule has 134 valence electrons. The monoisotopic (exact) mass is 343 g/mol. The number of rotatable bonds is 6. The van der Waals surface area contributed by atoms with Crippen LogP contribution in [-0.4, -0.2) is 34.8 Å². The van der Waals surface area contributed by atoms with Crippen molar-refractivity contribution >= 4 is 23.5 Å². The summed E-state index contributed by atoms with van der Waals surface area (Å²) in [5, 5.41) is 5.61. The van der Waals surface area contributed by atoms with Gasteiger partial charge in [0.2, 0.25) is 5.91 Å². The average molecular weight is 343 g/mol. The molecule has 0 spiro atoms. The number of imide groups is 1. The van der Waals surface area contributed by atoms with Crippen LogP contribution in [0.3, 0.4) is 0 Å². The van der Waals surface area contributed by atoms with E-state index >= 15 is 0 Å². The van der Waals surface area contributed by atoms with Crippen LogP contribution in [0, 0.1) is 5.92 Å². The van der Waals surface area contributed by atoms with Gasteiger partial charge in [-0.3, -0.25) is 14.5 Å². The second-order valence-corrected chi connectivity index (χ2v) is 7.24. The highest BCUT2D eigenvalue weighted by Crippen LogP contribution is 2.42. The van der Waals surface area contributed by atoms with Crippen LogP contribution in [0.1, 0.15) is 51.5 Å². The second kappa shape index (κ2) is 6.50. The Kier molecular flexibility index (Phi) is 4.54. The third-order valence-electron chi connectivity index (χ3n) is 5.37. The van der Waals surface area contributed by atoms with E-state index in [0.717, 1.165) is 35.4 Å². The van der Waals surface area contributed by atoms with E-state index in [1.165, 1.54) is 0 Å². The molecule has 0 radical (unpaired) electrons. The lowest BCUT2D eigenvalue weighted by Gasteiger charge is -2.21. The molecule has 2 atom stereocenters. The van der Waals surface area contributed by atoms with Crippen LogP contribution in [-0.2, 0) is 9.59 Å². The van der Waals surface area contributed by atoms with Crippen LogP contribution in [0.5, 0.6) is 0 Å². The molecule has 25 heavy (non-hydrogen) atoms. The molecule has 2 aliphatic rings. The number of hydrogen-bond acceptors (Lipinski definition) is 3. The molecule has 1 saturated heterocycles. The Hall–Kier alpha value is -2.37. The molecule has 1 aromatic carbocycles. The normalized spacial score (nSPS) is 24.2. The summed E-state index contributed by atoms with van der Waals surface area (Å²) in [6.07, 6.45) is 2.83. The van der Waals surface area contributed by atoms with Crippen molar-refractivity contribution in [2.24, 2.45) is 5.92 Å². The van der Waals surface area contributed by atoms with Crippen LogP contribution in [0.4, 0.5) is 10.5 Å². The molecule has 0 bridgehead atoms. The first kappa shape index (κ1) is 17.5. The van der Waals surface area contributed by atoms with Gasteiger partial charge in [0, 0.05) is 5.69 Å². The molecule has 3 rings (SSSR count). The number of hydrogen-bond donors (Lipinski definition) is 2. The topological polar surface area (TPSA) is 78.5 Å². The molecule has 2 N–H and O–H groups in total. The molecule has 0 unspecified atom stereocenters. The van der Waals surface area contributed by atoms with E-state index in [0.29, 0.717) is 5.92 Å². The predicted octanol–water partition coefficient (Wildman–Crippen LogP) is 2.86. The highest BCUT2D eigenvalue weighted by molar-refractivity contribution is 6.10. The highest BCUT2D eigenvalue weighted by Gasteiger charge is 2.56. The fraction of sp³-hybridized carbons (Fsp3) is 0.526. The van der Waals surface area contributed by atoms with Gasteiger partial charge in [-0.15, -0.1) is 0 Å². The van der Waals surface area contributed by atoms with Crippen molar-refractivity contribution in [1.82, 2.24) is 10.2 Å². The van der Waals surface area contributed by atoms with Gasteiger partial charge in [0.25, 0.3) is 5.91 Å². The molecule has 1 aliphatic carbocycles. The van der Waals surface area contributed by atoms with Crippen LogP contribution in [0.2, 0.25) is 0 Å². The zero-order chi connectivity index (χ0) is 18.2. The zero-order valence-electron chi connectivity index (χ0n) is 15.0. The van der Waals surface area contributed by atoms with Crippen molar-refractivity contribution in [2.75, 3.05) is 11.9 Å². The summed E-state index contributed by atoms with van der Waals surface area (Å²) in [6, 6.07) is 7.15. The summed E-state index contributed by atoms with van der Waals surface area (Å²) in [5.74, 6) is -0.167. The van der Waals surface area contributed by atoms with Crippen LogP contribution >= 0.6 is 0 Å². The first-order chi connectivity index (χ1) is 11.9. The van der Waals surface area contributed by atoms with Gasteiger partial charge in [-0.2, -0.15) is 0 Å². The van der Waals surface area contributed by atoms with Crippen molar-refractivity contribution in [2.45, 2.75) is 51.5 Å². The maximum absolute atomic E-state index is 12.6. The summed E-state index contributed by atoms with van der Waals surface area (Å²) < 4.78 is 0. The molecule has 4 amide bonds. The Morgan fingerprint density at radius 3 is 2.68 bits per heavy atom. The fourth-order valence-electron chi connectivity index (χ4n) is 3.39. The molecular formula is C19H25N3O3. The molecule has 1 heterocycles. The lowest BCUT2D eigenvalue weighted by Crippen LogP contribution is -2.46. The van der Waals surface area contributed by atoms with Gasteiger partial charge in [-0.25, -0.2) is 4.79 Å². The van der Waals surface area contributed by atoms with E-state index in [2.05, 4.69) is 24.5 Å². The first-order valence-corrected chi connectivity index (χ1v) is 8.89. The van der Waals surface area contributed by atoms with Gasteiger partial charge >= 0.3 is 6.03 Å². The molecular weight excluding hydrogens is 318 g/mol. The first-order valence-electron chi connectivity index (χ1n) is 8.89. The lowest BCUT2D eigenvalue weighted by molar-refractivity contribution is -0.134. The van der Waals surface area contributed by atoms with Crippen molar-refractivity contribution in [1.29, 1.82) is 0 Å². The van der Waals surface area contributed by atoms with E-state index in [4.69, 9.17) is 0 Å². The number of anilines is 1. The molecule has 6 nitrogen and oxygen atoms in total. The number of amides is 4. The average Bonchev–Trinajstić information content (AvgIpc) is 3.41. The fourth-order valence-corrected chi connectivity index (χ4v) is 3.39. The van der Waals surface area contributed by atoms with Crippen molar-refractivity contribution in [3.8, 4) is 0 Å². The van der Waals surface area contributed by atoms with E-state index in [1.54, 1.807) is 6.92 Å². The number of nitrogens with one attached hydrogen (secondary N) is 2. The minimum atomic E-state index is -0.855. The number of nitrogens with zero attached hydrogens (tertiary/aromatic N) is 1. The van der Waals surface area contributed by atoms with E-state index in [9.17, 15) is 14.4 Å². The smallest absolute Gasteiger partial charge is 0.324 e. The summed E-state index contributed by atoms with van der Waals surface area (Å²) in [7, 11) is 0. The number of carbonyl (C=O) groups excluding carboxylic acids is 3. The highest BCUT2D eigenvalue weighted by atomic mass is 16.2. The maximum Gasteiger partial charge on any atom is 0.325 e. The third kappa shape index (κ3) is 3.25. The van der Waals surface area contributed by atoms with Gasteiger partial charge in [0.1, 0.15) is 12.1 Å². The number of para-hydroxylation sites is 1. The minimum Gasteiger partial charge on any atom is -0.324 e. The Labute approximate surface area is 148 Å². The van der Waals surface area contributed by atoms with E-state index < -0.39 is 11.6 Å². The van der Waals surface area contributed by atoms with Gasteiger partial charge in [0.05, 0.1) is 0 Å². The molecule has 0 aromatic heterocycles. The number of urea groups is 1. The predicted molar refractivity (Wildman–Crippen MR) is 95.2 cm³/mol. The molecule has 6 heteroatoms. The van der Waals surface area contributed by atoms with E-state index in [-0.39, 0.29) is 24.3 Å². The molecule has 1 saturated carbocycles. The van der Waals surface area contributed by atoms with Gasteiger partial charge in [-0.1, -0.05) is 32.0 Å². The second-order valence-electron chi connectivity index (χ2n) is 7.24. The van der Waals surface area contributed by atoms with Crippen molar-refractivity contribution in [3.05, 3.63) is 29.8 Å². The van der Waals surface area contributed by atoms with Crippen molar-refractivity contribution < 1.29 is 14.4 Å². The standard InChI is InChI=1S/C19H25N3O3/c1-4-12(2)14-7-5-6-8-15(14)20-16(23)11-22-17(24)19(3,13-9-10-13)21-18(22)25/h5-8,12-13H,4,9-11H2,1-3H3,(H,20,23)(H,21,25)/t12-,19-/m1/s1. The summed E-state index contributed by atoms with van der Waals surface area (Å²) in [4.78, 5) is 38.2. The Morgan fingerprint density at radius 1 is 1.36 bits per heavy atom. The summed E-state index contributed by atoms with van der Waals surface area (Å²) >= 11 is 0. The maximum atomic E-state index is 12.6. The number of carbonyl (C=O) groups is 3. The molecule has 1 aliphatic heterocycles. The minimum absolute atomic E-state index is 0.183. The van der Waals surface area contributed by atoms with Crippen LogP contribution in [0.25, 0.3) is 0 Å². The zero-order valence-corrected chi connectivity index (χ0v) is 15.0. The Bertz CT molecular complexity index is 714. The Balaban J connectivity index is 1.69. The molecule has 1 aromatic rings. The van der Waals surface area contributed by atoms with E-state index in [1.807, 2.05) is 24.3 Å². The number of benzene rings is 1. The van der Waals surface area contributed by atoms with Gasteiger partial charge in [0.15, 0.2) is 0 Å². The van der Waals surface area contributed by atoms with Gasteiger partial charge in [-0.05, 0) is 49.7 Å². The quantitative estimate of drug-likeness (QED) is 0.780. The lowest BCUT2D eigenvalue weighted by atomic mass is 9.96. The van der Waals surface area contributed by atoms with Crippen molar-refractivity contribution in [3.63, 3.8) is 0 Å². The third-order valence-corrected chi connectivity index (χ3v) is 5.37. The largest absolute Gasteiger partial charge is 0.325 e.